The molecule has 4 nitrogen and oxygen atoms in total. The Balaban J connectivity index is 2.72. The molecule has 0 aromatic carbocycles. The van der Waals surface area contributed by atoms with E-state index in [4.69, 9.17) is 0 Å². The minimum Gasteiger partial charge on any atom is -0.315 e. The van der Waals surface area contributed by atoms with Crippen LogP contribution in [0.5, 0.6) is 0 Å². The molecular weight excluding hydrogens is 292 g/mol. The Hall–Kier alpha value is -0.430. The molecule has 0 fully saturated rings. The van der Waals surface area contributed by atoms with E-state index >= 15 is 0 Å². The van der Waals surface area contributed by atoms with Gasteiger partial charge in [-0.3, -0.25) is 0 Å². The van der Waals surface area contributed by atoms with E-state index in [1.807, 2.05) is 20.9 Å². The van der Waals surface area contributed by atoms with E-state index in [-0.39, 0.29) is 6.04 Å². The van der Waals surface area contributed by atoms with E-state index < -0.39 is 10.0 Å². The lowest BCUT2D eigenvalue weighted by molar-refractivity contribution is 0.527. The lowest BCUT2D eigenvalue weighted by Gasteiger charge is -2.13. The first-order valence-electron chi connectivity index (χ1n) is 7.17. The van der Waals surface area contributed by atoms with Crippen LogP contribution in [-0.2, 0) is 16.6 Å². The first kappa shape index (κ1) is 17.6. The fourth-order valence-electron chi connectivity index (χ4n) is 2.14. The molecule has 0 bridgehead atoms. The normalized spacial score (nSPS) is 13.6. The minimum absolute atomic E-state index is 0.0152. The summed E-state index contributed by atoms with van der Waals surface area (Å²) in [5.41, 5.74) is 0. The zero-order valence-corrected chi connectivity index (χ0v) is 14.5. The van der Waals surface area contributed by atoms with Crippen molar-refractivity contribution in [3.8, 4) is 0 Å². The lowest BCUT2D eigenvalue weighted by atomic mass is 10.1. The Bertz CT molecular complexity index is 509. The fourth-order valence-corrected chi connectivity index (χ4v) is 5.07. The van der Waals surface area contributed by atoms with Gasteiger partial charge in [0.25, 0.3) is 0 Å². The maximum atomic E-state index is 12.4. The summed E-state index contributed by atoms with van der Waals surface area (Å²) in [5.74, 6) is 0. The van der Waals surface area contributed by atoms with Crippen LogP contribution < -0.4 is 10.0 Å². The van der Waals surface area contributed by atoms with Crippen molar-refractivity contribution in [2.75, 3.05) is 7.05 Å². The molecule has 2 N–H and O–H groups in total. The molecule has 6 heteroatoms. The van der Waals surface area contributed by atoms with Crippen LogP contribution in [-0.4, -0.2) is 21.5 Å². The van der Waals surface area contributed by atoms with Crippen LogP contribution in [0.2, 0.25) is 0 Å². The second kappa shape index (κ2) is 8.12. The number of hydrogen-bond donors (Lipinski definition) is 2. The molecule has 0 spiro atoms. The van der Waals surface area contributed by atoms with Crippen molar-refractivity contribution in [2.45, 2.75) is 63.9 Å². The lowest BCUT2D eigenvalue weighted by Crippen LogP contribution is -2.32. The highest BCUT2D eigenvalue weighted by atomic mass is 32.2. The molecule has 1 atom stereocenters. The van der Waals surface area contributed by atoms with Crippen LogP contribution in [0.1, 0.15) is 49.3 Å². The van der Waals surface area contributed by atoms with E-state index in [0.29, 0.717) is 11.4 Å². The zero-order chi connectivity index (χ0) is 15.2. The van der Waals surface area contributed by atoms with E-state index in [2.05, 4.69) is 17.0 Å². The maximum Gasteiger partial charge on any atom is 0.241 e. The molecule has 0 amide bonds. The standard InChI is InChI=1S/C14H26N2O2S2/c1-5-6-7-8-11(2)16-20(17,18)14-9-13(10-15-4)19-12(14)3/h9,11,15-16H,5-8,10H2,1-4H3. The number of thiophene rings is 1. The summed E-state index contributed by atoms with van der Waals surface area (Å²) in [4.78, 5) is 2.32. The molecule has 0 aliphatic carbocycles. The van der Waals surface area contributed by atoms with Gasteiger partial charge in [0.05, 0.1) is 4.90 Å². The van der Waals surface area contributed by atoms with Gasteiger partial charge in [0, 0.05) is 22.3 Å². The van der Waals surface area contributed by atoms with Crippen molar-refractivity contribution in [3.63, 3.8) is 0 Å². The summed E-state index contributed by atoms with van der Waals surface area (Å²) in [6.45, 7) is 6.64. The largest absolute Gasteiger partial charge is 0.315 e. The molecule has 116 valence electrons. The number of nitrogens with one attached hydrogen (secondary N) is 2. The molecule has 1 aromatic heterocycles. The van der Waals surface area contributed by atoms with Gasteiger partial charge in [-0.25, -0.2) is 13.1 Å². The van der Waals surface area contributed by atoms with Crippen molar-refractivity contribution < 1.29 is 8.42 Å². The first-order valence-corrected chi connectivity index (χ1v) is 9.47. The highest BCUT2D eigenvalue weighted by Crippen LogP contribution is 2.26. The van der Waals surface area contributed by atoms with Crippen molar-refractivity contribution in [1.29, 1.82) is 0 Å². The molecule has 0 aliphatic rings. The molecule has 0 radical (unpaired) electrons. The highest BCUT2D eigenvalue weighted by Gasteiger charge is 2.21. The molecule has 1 heterocycles. The van der Waals surface area contributed by atoms with Gasteiger partial charge < -0.3 is 5.32 Å². The van der Waals surface area contributed by atoms with Gasteiger partial charge in [-0.05, 0) is 33.4 Å². The summed E-state index contributed by atoms with van der Waals surface area (Å²) in [6.07, 6.45) is 4.25. The topological polar surface area (TPSA) is 58.2 Å². The maximum absolute atomic E-state index is 12.4. The Labute approximate surface area is 127 Å². The summed E-state index contributed by atoms with van der Waals surface area (Å²) in [7, 11) is -1.53. The zero-order valence-electron chi connectivity index (χ0n) is 12.8. The van der Waals surface area contributed by atoms with Crippen molar-refractivity contribution in [2.24, 2.45) is 0 Å². The summed E-state index contributed by atoms with van der Waals surface area (Å²) >= 11 is 1.53. The van der Waals surface area contributed by atoms with Gasteiger partial charge in [0.1, 0.15) is 0 Å². The quantitative estimate of drug-likeness (QED) is 0.688. The fraction of sp³-hybridized carbons (Fsp3) is 0.714. The molecule has 0 saturated carbocycles. The number of rotatable bonds is 9. The van der Waals surface area contributed by atoms with Crippen molar-refractivity contribution >= 4 is 21.4 Å². The number of hydrogen-bond acceptors (Lipinski definition) is 4. The Morgan fingerprint density at radius 1 is 1.35 bits per heavy atom. The Morgan fingerprint density at radius 3 is 2.65 bits per heavy atom. The first-order chi connectivity index (χ1) is 9.40. The van der Waals surface area contributed by atoms with E-state index in [9.17, 15) is 8.42 Å². The van der Waals surface area contributed by atoms with Gasteiger partial charge in [0.15, 0.2) is 0 Å². The average molecular weight is 319 g/mol. The summed E-state index contributed by atoms with van der Waals surface area (Å²) < 4.78 is 27.6. The predicted molar refractivity (Wildman–Crippen MR) is 85.7 cm³/mol. The number of unbranched alkanes of at least 4 members (excludes halogenated alkanes) is 2. The predicted octanol–water partition coefficient (Wildman–Crippen LogP) is 3.02. The molecule has 0 saturated heterocycles. The molecule has 1 unspecified atom stereocenters. The van der Waals surface area contributed by atoms with Gasteiger partial charge in [-0.2, -0.15) is 0 Å². The van der Waals surface area contributed by atoms with Crippen molar-refractivity contribution in [1.82, 2.24) is 10.0 Å². The third-order valence-corrected chi connectivity index (χ3v) is 6.06. The molecule has 20 heavy (non-hydrogen) atoms. The Morgan fingerprint density at radius 2 is 2.05 bits per heavy atom. The van der Waals surface area contributed by atoms with Gasteiger partial charge in [-0.1, -0.05) is 26.2 Å². The highest BCUT2D eigenvalue weighted by molar-refractivity contribution is 7.89. The van der Waals surface area contributed by atoms with Crippen LogP contribution in [0.15, 0.2) is 11.0 Å². The molecule has 0 aliphatic heterocycles. The van der Waals surface area contributed by atoms with Gasteiger partial charge in [-0.15, -0.1) is 11.3 Å². The van der Waals surface area contributed by atoms with Crippen molar-refractivity contribution in [3.05, 3.63) is 15.8 Å². The summed E-state index contributed by atoms with van der Waals surface area (Å²) in [5, 5.41) is 3.05. The van der Waals surface area contributed by atoms with Gasteiger partial charge >= 0.3 is 0 Å². The number of sulfonamides is 1. The molecular formula is C14H26N2O2S2. The number of aryl methyl sites for hydroxylation is 1. The van der Waals surface area contributed by atoms with Crippen LogP contribution >= 0.6 is 11.3 Å². The second-order valence-corrected chi connectivity index (χ2v) is 8.20. The summed E-state index contributed by atoms with van der Waals surface area (Å²) in [6, 6.07) is 1.76. The van der Waals surface area contributed by atoms with Gasteiger partial charge in [0.2, 0.25) is 10.0 Å². The van der Waals surface area contributed by atoms with Crippen LogP contribution in [0.3, 0.4) is 0 Å². The molecule has 1 aromatic rings. The van der Waals surface area contributed by atoms with Crippen LogP contribution in [0, 0.1) is 6.92 Å². The average Bonchev–Trinajstić information content (AvgIpc) is 2.71. The third kappa shape index (κ3) is 5.16. The monoisotopic (exact) mass is 318 g/mol. The van der Waals surface area contributed by atoms with Crippen LogP contribution in [0.25, 0.3) is 0 Å². The van der Waals surface area contributed by atoms with Crippen LogP contribution in [0.4, 0.5) is 0 Å². The SMILES string of the molecule is CCCCCC(C)NS(=O)(=O)c1cc(CNC)sc1C. The molecule has 1 rings (SSSR count). The Kier molecular flexibility index (Phi) is 7.15. The van der Waals surface area contributed by atoms with E-state index in [0.717, 1.165) is 35.4 Å². The third-order valence-electron chi connectivity index (χ3n) is 3.16. The smallest absolute Gasteiger partial charge is 0.241 e. The van der Waals surface area contributed by atoms with E-state index in [1.165, 1.54) is 11.3 Å². The van der Waals surface area contributed by atoms with E-state index in [1.54, 1.807) is 6.07 Å². The second-order valence-electron chi connectivity index (χ2n) is 5.18. The minimum atomic E-state index is -3.39.